The van der Waals surface area contributed by atoms with E-state index in [1.165, 1.54) is 6.33 Å². The number of anilines is 1. The van der Waals surface area contributed by atoms with Crippen LogP contribution >= 0.6 is 24.8 Å². The Bertz CT molecular complexity index is 398. The monoisotopic (exact) mass is 220 g/mol. The second-order valence-electron chi connectivity index (χ2n) is 2.44. The van der Waals surface area contributed by atoms with E-state index >= 15 is 0 Å². The van der Waals surface area contributed by atoms with Crippen molar-refractivity contribution < 1.29 is 0 Å². The third-order valence-electron chi connectivity index (χ3n) is 1.70. The van der Waals surface area contributed by atoms with E-state index in [9.17, 15) is 0 Å². The molecule has 4 nitrogen and oxygen atoms in total. The van der Waals surface area contributed by atoms with Gasteiger partial charge >= 0.3 is 0 Å². The lowest BCUT2D eigenvalue weighted by molar-refractivity contribution is 0.959. The first-order valence-corrected chi connectivity index (χ1v) is 3.33. The van der Waals surface area contributed by atoms with Crippen LogP contribution in [0.3, 0.4) is 0 Å². The zero-order valence-electron chi connectivity index (χ0n) is 6.97. The summed E-state index contributed by atoms with van der Waals surface area (Å²) in [5.74, 6) is 0. The molecule has 0 unspecified atom stereocenters. The number of aryl methyl sites for hydroxylation is 1. The summed E-state index contributed by atoms with van der Waals surface area (Å²) in [4.78, 5) is 4.01. The number of rotatable bonds is 0. The quantitative estimate of drug-likeness (QED) is 0.732. The fourth-order valence-corrected chi connectivity index (χ4v) is 1.00. The van der Waals surface area contributed by atoms with Crippen LogP contribution in [0.25, 0.3) is 5.65 Å². The van der Waals surface area contributed by atoms with Gasteiger partial charge in [0.05, 0.1) is 5.69 Å². The molecule has 0 aliphatic heterocycles. The minimum atomic E-state index is 0. The number of hydrogen-bond acceptors (Lipinski definition) is 3. The Morgan fingerprint density at radius 1 is 1.38 bits per heavy atom. The van der Waals surface area contributed by atoms with Crippen molar-refractivity contribution in [2.75, 3.05) is 5.73 Å². The molecule has 13 heavy (non-hydrogen) atoms. The largest absolute Gasteiger partial charge is 0.395 e. The molecule has 0 saturated heterocycles. The molecule has 0 radical (unpaired) electrons. The van der Waals surface area contributed by atoms with Gasteiger partial charge < -0.3 is 5.73 Å². The maximum Gasteiger partial charge on any atom is 0.178 e. The molecule has 2 heterocycles. The van der Waals surface area contributed by atoms with Gasteiger partial charge in [0.15, 0.2) is 5.65 Å². The van der Waals surface area contributed by atoms with E-state index in [-0.39, 0.29) is 24.8 Å². The van der Waals surface area contributed by atoms with Crippen molar-refractivity contribution in [2.45, 2.75) is 6.92 Å². The number of nitrogens with two attached hydrogens (primary N) is 1. The second kappa shape index (κ2) is 4.30. The number of nitrogens with zero attached hydrogens (tertiary/aromatic N) is 3. The molecule has 0 atom stereocenters. The normalized spacial score (nSPS) is 9.00. The molecular formula is C7H10Cl2N4. The van der Waals surface area contributed by atoms with Gasteiger partial charge in [0.2, 0.25) is 0 Å². The molecule has 0 fully saturated rings. The molecule has 0 bridgehead atoms. The summed E-state index contributed by atoms with van der Waals surface area (Å²) in [6.07, 6.45) is 3.33. The first-order valence-electron chi connectivity index (χ1n) is 3.33. The summed E-state index contributed by atoms with van der Waals surface area (Å²) in [7, 11) is 0. The maximum absolute atomic E-state index is 5.74. The van der Waals surface area contributed by atoms with Crippen LogP contribution in [0.5, 0.6) is 0 Å². The van der Waals surface area contributed by atoms with Crippen molar-refractivity contribution >= 4 is 36.1 Å². The summed E-state index contributed by atoms with van der Waals surface area (Å²) in [5, 5.41) is 3.95. The minimum Gasteiger partial charge on any atom is -0.395 e. The average molecular weight is 221 g/mol. The number of aromatic nitrogens is 3. The molecule has 0 spiro atoms. The van der Waals surface area contributed by atoms with E-state index in [4.69, 9.17) is 5.73 Å². The molecular weight excluding hydrogens is 211 g/mol. The lowest BCUT2D eigenvalue weighted by Crippen LogP contribution is -1.96. The fraction of sp³-hybridized carbons (Fsp3) is 0.143. The summed E-state index contributed by atoms with van der Waals surface area (Å²) >= 11 is 0. The van der Waals surface area contributed by atoms with Gasteiger partial charge in [0.25, 0.3) is 0 Å². The lowest BCUT2D eigenvalue weighted by Gasteiger charge is -1.98. The van der Waals surface area contributed by atoms with Crippen molar-refractivity contribution in [3.05, 3.63) is 24.2 Å². The van der Waals surface area contributed by atoms with E-state index in [1.807, 2.05) is 19.2 Å². The van der Waals surface area contributed by atoms with Gasteiger partial charge in [-0.15, -0.1) is 24.8 Å². The standard InChI is InChI=1S/C7H8N4.2ClH/c1-5-2-3-11-7(6(5)8)9-4-10-11;;/h2-4H,8H2,1H3;2*1H. The van der Waals surface area contributed by atoms with Gasteiger partial charge in [-0.2, -0.15) is 5.10 Å². The predicted molar refractivity (Wildman–Crippen MR) is 56.6 cm³/mol. The van der Waals surface area contributed by atoms with Crippen LogP contribution in [0, 0.1) is 6.92 Å². The molecule has 0 aliphatic rings. The van der Waals surface area contributed by atoms with E-state index in [0.29, 0.717) is 5.69 Å². The van der Waals surface area contributed by atoms with Crippen LogP contribution in [0.1, 0.15) is 5.56 Å². The second-order valence-corrected chi connectivity index (χ2v) is 2.44. The Morgan fingerprint density at radius 2 is 2.08 bits per heavy atom. The molecule has 2 aromatic heterocycles. The molecule has 6 heteroatoms. The highest BCUT2D eigenvalue weighted by Crippen LogP contribution is 2.13. The lowest BCUT2D eigenvalue weighted by atomic mass is 10.2. The van der Waals surface area contributed by atoms with E-state index in [2.05, 4.69) is 10.1 Å². The first kappa shape index (κ1) is 12.0. The van der Waals surface area contributed by atoms with Gasteiger partial charge in [-0.05, 0) is 18.6 Å². The summed E-state index contributed by atoms with van der Waals surface area (Å²) in [6, 6.07) is 1.91. The van der Waals surface area contributed by atoms with Crippen LogP contribution in [0.15, 0.2) is 18.6 Å². The summed E-state index contributed by atoms with van der Waals surface area (Å²) < 4.78 is 1.66. The van der Waals surface area contributed by atoms with Crippen molar-refractivity contribution in [3.63, 3.8) is 0 Å². The van der Waals surface area contributed by atoms with Gasteiger partial charge in [0, 0.05) is 6.20 Å². The fourth-order valence-electron chi connectivity index (χ4n) is 1.00. The van der Waals surface area contributed by atoms with Gasteiger partial charge in [-0.1, -0.05) is 0 Å². The van der Waals surface area contributed by atoms with Crippen LogP contribution in [-0.4, -0.2) is 14.6 Å². The summed E-state index contributed by atoms with van der Waals surface area (Å²) in [5.41, 5.74) is 8.20. The van der Waals surface area contributed by atoms with Crippen molar-refractivity contribution in [2.24, 2.45) is 0 Å². The average Bonchev–Trinajstić information content (AvgIpc) is 2.45. The van der Waals surface area contributed by atoms with Crippen molar-refractivity contribution in [3.8, 4) is 0 Å². The summed E-state index contributed by atoms with van der Waals surface area (Å²) in [6.45, 7) is 1.95. The van der Waals surface area contributed by atoms with Crippen LogP contribution in [0.2, 0.25) is 0 Å². The van der Waals surface area contributed by atoms with Crippen LogP contribution in [0.4, 0.5) is 5.69 Å². The van der Waals surface area contributed by atoms with E-state index in [0.717, 1.165) is 11.2 Å². The third kappa shape index (κ3) is 1.84. The Morgan fingerprint density at radius 3 is 2.77 bits per heavy atom. The number of pyridine rings is 1. The molecule has 2 N–H and O–H groups in total. The smallest absolute Gasteiger partial charge is 0.178 e. The molecule has 0 aromatic carbocycles. The van der Waals surface area contributed by atoms with Gasteiger partial charge in [0.1, 0.15) is 6.33 Å². The Hall–Kier alpha value is -1.000. The highest BCUT2D eigenvalue weighted by atomic mass is 35.5. The van der Waals surface area contributed by atoms with E-state index in [1.54, 1.807) is 4.52 Å². The van der Waals surface area contributed by atoms with Crippen LogP contribution in [-0.2, 0) is 0 Å². The minimum absolute atomic E-state index is 0. The Labute approximate surface area is 88.0 Å². The van der Waals surface area contributed by atoms with Crippen LogP contribution < -0.4 is 5.73 Å². The van der Waals surface area contributed by atoms with Gasteiger partial charge in [-0.3, -0.25) is 0 Å². The zero-order chi connectivity index (χ0) is 7.84. The van der Waals surface area contributed by atoms with E-state index < -0.39 is 0 Å². The highest BCUT2D eigenvalue weighted by molar-refractivity contribution is 5.85. The van der Waals surface area contributed by atoms with Crippen molar-refractivity contribution in [1.29, 1.82) is 0 Å². The molecule has 2 aromatic rings. The predicted octanol–water partition coefficient (Wildman–Crippen LogP) is 1.46. The number of hydrogen-bond donors (Lipinski definition) is 1. The zero-order valence-corrected chi connectivity index (χ0v) is 8.60. The molecule has 0 amide bonds. The number of halogens is 2. The number of fused-ring (bicyclic) bond motifs is 1. The number of nitrogen functional groups attached to an aromatic ring is 1. The maximum atomic E-state index is 5.74. The Kier molecular flexibility index (Phi) is 3.97. The SMILES string of the molecule is Cc1ccn2ncnc2c1N.Cl.Cl. The molecule has 0 aliphatic carbocycles. The first-order chi connectivity index (χ1) is 5.29. The molecule has 0 saturated carbocycles. The van der Waals surface area contributed by atoms with Crippen molar-refractivity contribution in [1.82, 2.24) is 14.6 Å². The molecule has 2 rings (SSSR count). The highest BCUT2D eigenvalue weighted by Gasteiger charge is 2.00. The molecule has 72 valence electrons. The third-order valence-corrected chi connectivity index (χ3v) is 1.70. The topological polar surface area (TPSA) is 56.2 Å². The van der Waals surface area contributed by atoms with Gasteiger partial charge in [-0.25, -0.2) is 9.50 Å². The Balaban J connectivity index is 0.000000720.